The summed E-state index contributed by atoms with van der Waals surface area (Å²) in [6.07, 6.45) is 6.59. The van der Waals surface area contributed by atoms with Gasteiger partial charge in [-0.2, -0.15) is 0 Å². The molecule has 2 rings (SSSR count). The van der Waals surface area contributed by atoms with Gasteiger partial charge in [0.25, 0.3) is 0 Å². The number of benzene rings is 2. The van der Waals surface area contributed by atoms with Crippen molar-refractivity contribution in [2.75, 3.05) is 0 Å². The highest BCUT2D eigenvalue weighted by atomic mass is 14.1. The summed E-state index contributed by atoms with van der Waals surface area (Å²) in [6, 6.07) is 21.2. The van der Waals surface area contributed by atoms with Crippen LogP contribution in [0.15, 0.2) is 97.1 Å². The molecule has 0 nitrogen and oxygen atoms in total. The summed E-state index contributed by atoms with van der Waals surface area (Å²) in [4.78, 5) is 0. The van der Waals surface area contributed by atoms with Crippen LogP contribution >= 0.6 is 0 Å². The normalized spacial score (nSPS) is 9.67. The van der Waals surface area contributed by atoms with Crippen LogP contribution in [0.25, 0.3) is 0 Å². The molecule has 0 radical (unpaired) electrons. The topological polar surface area (TPSA) is 0 Å². The van der Waals surface area contributed by atoms with Crippen molar-refractivity contribution in [2.24, 2.45) is 5.92 Å². The van der Waals surface area contributed by atoms with Crippen LogP contribution in [-0.4, -0.2) is 0 Å². The van der Waals surface area contributed by atoms with Gasteiger partial charge in [-0.3, -0.25) is 0 Å². The molecule has 0 unspecified atom stereocenters. The van der Waals surface area contributed by atoms with E-state index in [4.69, 9.17) is 0 Å². The second kappa shape index (κ2) is 20.0. The van der Waals surface area contributed by atoms with Gasteiger partial charge in [-0.05, 0) is 37.8 Å². The van der Waals surface area contributed by atoms with E-state index in [1.54, 1.807) is 0 Å². The summed E-state index contributed by atoms with van der Waals surface area (Å²) < 4.78 is 0. The zero-order chi connectivity index (χ0) is 23.4. The van der Waals surface area contributed by atoms with E-state index in [1.807, 2.05) is 32.9 Å². The molecule has 30 heavy (non-hydrogen) atoms. The monoisotopic (exact) mass is 406 g/mol. The molecule has 0 amide bonds. The maximum absolute atomic E-state index is 3.75. The van der Waals surface area contributed by atoms with E-state index in [9.17, 15) is 0 Å². The Balaban J connectivity index is 0. The Morgan fingerprint density at radius 2 is 1.10 bits per heavy atom. The molecule has 2 aromatic rings. The Labute approximate surface area is 188 Å². The van der Waals surface area contributed by atoms with Crippen molar-refractivity contribution in [1.29, 1.82) is 0 Å². The third kappa shape index (κ3) is 17.7. The molecule has 0 aliphatic rings. The lowest BCUT2D eigenvalue weighted by Crippen LogP contribution is -1.94. The van der Waals surface area contributed by atoms with Gasteiger partial charge in [0.1, 0.15) is 0 Å². The summed E-state index contributed by atoms with van der Waals surface area (Å²) in [5.41, 5.74) is 5.12. The lowest BCUT2D eigenvalue weighted by atomic mass is 9.93. The van der Waals surface area contributed by atoms with E-state index in [0.29, 0.717) is 11.8 Å². The van der Waals surface area contributed by atoms with Crippen molar-refractivity contribution >= 4 is 0 Å². The first-order valence-electron chi connectivity index (χ1n) is 11.2. The third-order valence-corrected chi connectivity index (χ3v) is 4.54. The van der Waals surface area contributed by atoms with Crippen LogP contribution in [0, 0.1) is 5.92 Å². The molecule has 166 valence electrons. The quantitative estimate of drug-likeness (QED) is 0.342. The van der Waals surface area contributed by atoms with Gasteiger partial charge in [-0.15, -0.1) is 0 Å². The van der Waals surface area contributed by atoms with Gasteiger partial charge in [0.15, 0.2) is 0 Å². The molecule has 0 fully saturated rings. The third-order valence-electron chi connectivity index (χ3n) is 4.54. The van der Waals surface area contributed by atoms with E-state index in [1.165, 1.54) is 29.5 Å². The molecule has 0 saturated heterocycles. The maximum Gasteiger partial charge on any atom is 0.00610 e. The van der Waals surface area contributed by atoms with E-state index >= 15 is 0 Å². The van der Waals surface area contributed by atoms with Gasteiger partial charge in [0.2, 0.25) is 0 Å². The number of hydrogen-bond acceptors (Lipinski definition) is 0. The first kappa shape index (κ1) is 29.9. The van der Waals surface area contributed by atoms with E-state index < -0.39 is 0 Å². The summed E-state index contributed by atoms with van der Waals surface area (Å²) in [7, 11) is 0. The number of hydrogen-bond donors (Lipinski definition) is 0. The van der Waals surface area contributed by atoms with Crippen LogP contribution < -0.4 is 0 Å². The van der Waals surface area contributed by atoms with Crippen molar-refractivity contribution in [3.8, 4) is 0 Å². The summed E-state index contributed by atoms with van der Waals surface area (Å²) in [6.45, 7) is 24.3. The van der Waals surface area contributed by atoms with Crippen LogP contribution in [-0.2, 0) is 0 Å². The molecule has 0 bridgehead atoms. The maximum atomic E-state index is 3.75. The summed E-state index contributed by atoms with van der Waals surface area (Å²) in [5.74, 6) is 1.14. The Bertz CT molecular complexity index is 633. The Hall–Kier alpha value is -2.34. The fraction of sp³-hybridized carbons (Fsp3) is 0.400. The van der Waals surface area contributed by atoms with Crippen LogP contribution in [0.5, 0.6) is 0 Å². The Morgan fingerprint density at radius 3 is 1.27 bits per heavy atom. The van der Waals surface area contributed by atoms with Gasteiger partial charge in [-0.1, -0.05) is 145 Å². The summed E-state index contributed by atoms with van der Waals surface area (Å²) >= 11 is 0. The zero-order valence-electron chi connectivity index (χ0n) is 20.9. The minimum atomic E-state index is 0.484. The minimum absolute atomic E-state index is 0.484. The first-order chi connectivity index (χ1) is 14.2. The molecule has 0 heterocycles. The highest BCUT2D eigenvalue weighted by molar-refractivity contribution is 5.31. The number of allylic oxidation sites excluding steroid dienone is 4. The van der Waals surface area contributed by atoms with Gasteiger partial charge in [0, 0.05) is 5.92 Å². The summed E-state index contributed by atoms with van der Waals surface area (Å²) in [5, 5.41) is 0. The molecule has 0 aliphatic carbocycles. The fourth-order valence-electron chi connectivity index (χ4n) is 1.96. The predicted octanol–water partition coefficient (Wildman–Crippen LogP) is 10.0. The first-order valence-corrected chi connectivity index (χ1v) is 11.2. The fourth-order valence-corrected chi connectivity index (χ4v) is 1.96. The highest BCUT2D eigenvalue weighted by Crippen LogP contribution is 2.22. The lowest BCUT2D eigenvalue weighted by molar-refractivity contribution is 0.773. The minimum Gasteiger partial charge on any atom is -0.0999 e. The Morgan fingerprint density at radius 1 is 0.767 bits per heavy atom. The molecular weight excluding hydrogens is 360 g/mol. The molecule has 0 spiro atoms. The molecule has 0 aromatic heterocycles. The highest BCUT2D eigenvalue weighted by Gasteiger charge is 2.05. The van der Waals surface area contributed by atoms with Gasteiger partial charge in [0.05, 0.1) is 0 Å². The van der Waals surface area contributed by atoms with Crippen molar-refractivity contribution in [1.82, 2.24) is 0 Å². The van der Waals surface area contributed by atoms with Crippen molar-refractivity contribution in [3.63, 3.8) is 0 Å². The molecule has 0 saturated carbocycles. The number of rotatable bonds is 5. The molecule has 0 atom stereocenters. The van der Waals surface area contributed by atoms with Crippen LogP contribution in [0.4, 0.5) is 0 Å². The largest absolute Gasteiger partial charge is 0.0999 e. The molecule has 0 aliphatic heterocycles. The SMILES string of the molecule is C=C(C)/C=C\C.C=C(C)C(C)C.CC(c1ccccc1)c1ccccc1.CCCC. The van der Waals surface area contributed by atoms with Crippen LogP contribution in [0.3, 0.4) is 0 Å². The Kier molecular flexibility index (Phi) is 19.9. The van der Waals surface area contributed by atoms with E-state index in [0.717, 1.165) is 5.57 Å². The van der Waals surface area contributed by atoms with Gasteiger partial charge in [-0.25, -0.2) is 0 Å². The molecule has 2 aromatic carbocycles. The zero-order valence-corrected chi connectivity index (χ0v) is 20.9. The van der Waals surface area contributed by atoms with E-state index in [-0.39, 0.29) is 0 Å². The van der Waals surface area contributed by atoms with Crippen molar-refractivity contribution in [3.05, 3.63) is 108 Å². The second-order valence-electron chi connectivity index (χ2n) is 7.89. The molecular formula is C30H46. The molecule has 0 N–H and O–H groups in total. The van der Waals surface area contributed by atoms with E-state index in [2.05, 4.69) is 108 Å². The molecule has 0 heteroatoms. The van der Waals surface area contributed by atoms with Crippen molar-refractivity contribution < 1.29 is 0 Å². The smallest absolute Gasteiger partial charge is 0.00610 e. The average Bonchev–Trinajstić information content (AvgIpc) is 2.75. The van der Waals surface area contributed by atoms with Crippen molar-refractivity contribution in [2.45, 2.75) is 74.1 Å². The average molecular weight is 407 g/mol. The van der Waals surface area contributed by atoms with Gasteiger partial charge >= 0.3 is 0 Å². The predicted molar refractivity (Wildman–Crippen MR) is 140 cm³/mol. The standard InChI is InChI=1S/C14H14.C6H12.C6H10.C4H10/c1-12(13-8-4-2-5-9-13)14-10-6-3-7-11-14;1-5(2)6(3)4;1-4-5-6(2)3;1-3-4-2/h2-12H,1H3;6H,1H2,2-4H3;4-5H,2H2,1,3H3;3-4H2,1-2H3/b;;5-4-;. The van der Waals surface area contributed by atoms with Gasteiger partial charge < -0.3 is 0 Å². The second-order valence-corrected chi connectivity index (χ2v) is 7.89. The van der Waals surface area contributed by atoms with Crippen LogP contribution in [0.2, 0.25) is 0 Å². The number of unbranched alkanes of at least 4 members (excludes halogenated alkanes) is 1. The lowest BCUT2D eigenvalue weighted by Gasteiger charge is -2.11. The van der Waals surface area contributed by atoms with Crippen LogP contribution in [0.1, 0.15) is 85.3 Å².